The maximum Gasteiger partial charge on any atom is 0.338 e. The van der Waals surface area contributed by atoms with Gasteiger partial charge >= 0.3 is 5.97 Å². The quantitative estimate of drug-likeness (QED) is 0.590. The van der Waals surface area contributed by atoms with E-state index in [0.717, 1.165) is 23.4 Å². The molecule has 28 heavy (non-hydrogen) atoms. The zero-order valence-electron chi connectivity index (χ0n) is 16.2. The largest absolute Gasteiger partial charge is 0.462 e. The number of hydrogen-bond donors (Lipinski definition) is 2. The Balaban J connectivity index is 1.74. The van der Waals surface area contributed by atoms with Crippen molar-refractivity contribution in [3.8, 4) is 0 Å². The Kier molecular flexibility index (Phi) is 6.16. The van der Waals surface area contributed by atoms with Gasteiger partial charge in [-0.3, -0.25) is 0 Å². The van der Waals surface area contributed by atoms with Gasteiger partial charge in [-0.1, -0.05) is 25.1 Å². The first kappa shape index (κ1) is 19.3. The molecule has 2 aromatic carbocycles. The van der Waals surface area contributed by atoms with Crippen molar-refractivity contribution in [2.45, 2.75) is 27.2 Å². The molecule has 0 unspecified atom stereocenters. The van der Waals surface area contributed by atoms with Gasteiger partial charge in [-0.05, 0) is 55.7 Å². The van der Waals surface area contributed by atoms with Crippen molar-refractivity contribution in [3.05, 3.63) is 65.4 Å². The van der Waals surface area contributed by atoms with Crippen LogP contribution in [0.5, 0.6) is 0 Å². The number of para-hydroxylation sites is 1. The molecule has 0 radical (unpaired) electrons. The van der Waals surface area contributed by atoms with Crippen LogP contribution in [0.3, 0.4) is 0 Å². The van der Waals surface area contributed by atoms with E-state index in [1.54, 1.807) is 37.4 Å². The molecule has 3 rings (SSSR count). The van der Waals surface area contributed by atoms with Crippen molar-refractivity contribution in [1.82, 2.24) is 15.2 Å². The van der Waals surface area contributed by atoms with Crippen LogP contribution in [0, 0.1) is 6.92 Å². The van der Waals surface area contributed by atoms with E-state index in [2.05, 4.69) is 51.8 Å². The Bertz CT molecular complexity index is 957. The van der Waals surface area contributed by atoms with Gasteiger partial charge in [-0.25, -0.2) is 4.79 Å². The number of carbonyl (C=O) groups excluding carboxylic acids is 1. The van der Waals surface area contributed by atoms with Gasteiger partial charge in [-0.2, -0.15) is 10.1 Å². The lowest BCUT2D eigenvalue weighted by atomic mass is 10.1. The normalized spacial score (nSPS) is 10.4. The summed E-state index contributed by atoms with van der Waals surface area (Å²) in [6.07, 6.45) is 2.50. The maximum absolute atomic E-state index is 11.7. The predicted octanol–water partition coefficient (Wildman–Crippen LogP) is 4.41. The first-order valence-electron chi connectivity index (χ1n) is 9.20. The van der Waals surface area contributed by atoms with Crippen LogP contribution in [0.4, 0.5) is 23.1 Å². The monoisotopic (exact) mass is 377 g/mol. The molecule has 0 aliphatic rings. The third kappa shape index (κ3) is 4.62. The van der Waals surface area contributed by atoms with Gasteiger partial charge in [0.25, 0.3) is 0 Å². The fourth-order valence-corrected chi connectivity index (χ4v) is 2.78. The highest BCUT2D eigenvalue weighted by atomic mass is 16.5. The van der Waals surface area contributed by atoms with Crippen molar-refractivity contribution < 1.29 is 9.53 Å². The lowest BCUT2D eigenvalue weighted by molar-refractivity contribution is 0.0526. The lowest BCUT2D eigenvalue weighted by Gasteiger charge is -2.13. The Labute approximate surface area is 164 Å². The van der Waals surface area contributed by atoms with Gasteiger partial charge in [0, 0.05) is 11.4 Å². The van der Waals surface area contributed by atoms with E-state index in [1.165, 1.54) is 5.56 Å². The molecule has 0 saturated carbocycles. The van der Waals surface area contributed by atoms with Crippen molar-refractivity contribution in [2.24, 2.45) is 0 Å². The average molecular weight is 377 g/mol. The van der Waals surface area contributed by atoms with Gasteiger partial charge in [0.05, 0.1) is 18.4 Å². The molecule has 0 bridgehead atoms. The van der Waals surface area contributed by atoms with Crippen LogP contribution in [-0.4, -0.2) is 27.8 Å². The van der Waals surface area contributed by atoms with E-state index in [-0.39, 0.29) is 5.97 Å². The highest BCUT2D eigenvalue weighted by molar-refractivity contribution is 5.89. The first-order chi connectivity index (χ1) is 13.6. The third-order valence-corrected chi connectivity index (χ3v) is 4.20. The molecule has 2 N–H and O–H groups in total. The summed E-state index contributed by atoms with van der Waals surface area (Å²) in [5.74, 6) is 0.619. The minimum absolute atomic E-state index is 0.344. The molecule has 7 nitrogen and oxygen atoms in total. The summed E-state index contributed by atoms with van der Waals surface area (Å²) in [6.45, 7) is 6.30. The van der Waals surface area contributed by atoms with Crippen LogP contribution < -0.4 is 10.6 Å². The summed E-state index contributed by atoms with van der Waals surface area (Å²) >= 11 is 0. The molecular weight excluding hydrogens is 354 g/mol. The Morgan fingerprint density at radius 2 is 1.86 bits per heavy atom. The number of aromatic nitrogens is 3. The molecule has 7 heteroatoms. The van der Waals surface area contributed by atoms with Gasteiger partial charge in [-0.15, -0.1) is 5.10 Å². The highest BCUT2D eigenvalue weighted by Gasteiger charge is 2.09. The average Bonchev–Trinajstić information content (AvgIpc) is 2.70. The summed E-state index contributed by atoms with van der Waals surface area (Å²) in [5, 5.41) is 14.5. The molecule has 0 spiro atoms. The number of hydrogen-bond acceptors (Lipinski definition) is 7. The van der Waals surface area contributed by atoms with Crippen molar-refractivity contribution in [3.63, 3.8) is 0 Å². The molecule has 0 fully saturated rings. The van der Waals surface area contributed by atoms with Crippen molar-refractivity contribution >= 4 is 29.1 Å². The molecular formula is C21H23N5O2. The summed E-state index contributed by atoms with van der Waals surface area (Å²) in [5.41, 5.74) is 4.63. The zero-order valence-corrected chi connectivity index (χ0v) is 16.2. The topological polar surface area (TPSA) is 89.0 Å². The fraction of sp³-hybridized carbons (Fsp3) is 0.238. The van der Waals surface area contributed by atoms with Gasteiger partial charge in [0.15, 0.2) is 5.82 Å². The van der Waals surface area contributed by atoms with E-state index < -0.39 is 0 Å². The van der Waals surface area contributed by atoms with E-state index >= 15 is 0 Å². The molecule has 144 valence electrons. The minimum Gasteiger partial charge on any atom is -0.462 e. The predicted molar refractivity (Wildman–Crippen MR) is 109 cm³/mol. The van der Waals surface area contributed by atoms with E-state index in [1.807, 2.05) is 6.07 Å². The number of ether oxygens (including phenoxy) is 1. The van der Waals surface area contributed by atoms with E-state index in [4.69, 9.17) is 4.74 Å². The van der Waals surface area contributed by atoms with Crippen LogP contribution in [0.25, 0.3) is 0 Å². The number of carbonyl (C=O) groups is 1. The summed E-state index contributed by atoms with van der Waals surface area (Å²) in [7, 11) is 0. The number of anilines is 4. The lowest BCUT2D eigenvalue weighted by Crippen LogP contribution is -2.06. The summed E-state index contributed by atoms with van der Waals surface area (Å²) in [6, 6.07) is 13.1. The van der Waals surface area contributed by atoms with Crippen LogP contribution in [0.2, 0.25) is 0 Å². The maximum atomic E-state index is 11.7. The fourth-order valence-electron chi connectivity index (χ4n) is 2.78. The second kappa shape index (κ2) is 8.94. The number of rotatable bonds is 7. The van der Waals surface area contributed by atoms with Gasteiger partial charge < -0.3 is 15.4 Å². The standard InChI is InChI=1S/C21H23N5O2/c1-4-15-8-6-7-14(3)19(15)24-18-13-22-26-21(25-18)23-17-11-9-16(10-12-17)20(27)28-5-2/h6-13H,4-5H2,1-3H3,(H2,23,24,25,26). The molecule has 1 aromatic heterocycles. The number of nitrogens with zero attached hydrogens (tertiary/aromatic N) is 3. The molecule has 1 heterocycles. The molecule has 0 aliphatic carbocycles. The van der Waals surface area contributed by atoms with Gasteiger partial charge in [0.1, 0.15) is 0 Å². The van der Waals surface area contributed by atoms with Crippen LogP contribution in [-0.2, 0) is 11.2 Å². The van der Waals surface area contributed by atoms with Crippen LogP contribution in [0.15, 0.2) is 48.7 Å². The molecule has 0 aliphatic heterocycles. The molecule has 0 atom stereocenters. The molecule has 3 aromatic rings. The minimum atomic E-state index is -0.344. The first-order valence-corrected chi connectivity index (χ1v) is 9.20. The highest BCUT2D eigenvalue weighted by Crippen LogP contribution is 2.24. The number of aryl methyl sites for hydroxylation is 2. The van der Waals surface area contributed by atoms with Crippen molar-refractivity contribution in [2.75, 3.05) is 17.2 Å². The third-order valence-electron chi connectivity index (χ3n) is 4.20. The molecule has 0 saturated heterocycles. The van der Waals surface area contributed by atoms with E-state index in [9.17, 15) is 4.79 Å². The number of esters is 1. The Morgan fingerprint density at radius 3 is 2.57 bits per heavy atom. The van der Waals surface area contributed by atoms with Crippen molar-refractivity contribution in [1.29, 1.82) is 0 Å². The summed E-state index contributed by atoms with van der Waals surface area (Å²) in [4.78, 5) is 16.2. The van der Waals surface area contributed by atoms with Gasteiger partial charge in [0.2, 0.25) is 5.95 Å². The second-order valence-electron chi connectivity index (χ2n) is 6.18. The zero-order chi connectivity index (χ0) is 19.9. The van der Waals surface area contributed by atoms with Crippen LogP contribution >= 0.6 is 0 Å². The van der Waals surface area contributed by atoms with Crippen LogP contribution in [0.1, 0.15) is 35.3 Å². The number of nitrogens with one attached hydrogen (secondary N) is 2. The SMILES string of the molecule is CCOC(=O)c1ccc(Nc2nncc(Nc3c(C)cccc3CC)n2)cc1. The Hall–Kier alpha value is -3.48. The number of benzene rings is 2. The second-order valence-corrected chi connectivity index (χ2v) is 6.18. The smallest absolute Gasteiger partial charge is 0.338 e. The van der Waals surface area contributed by atoms with E-state index in [0.29, 0.717) is 23.9 Å². The molecule has 0 amide bonds. The summed E-state index contributed by atoms with van der Waals surface area (Å²) < 4.78 is 4.98. The Morgan fingerprint density at radius 1 is 1.07 bits per heavy atom.